The van der Waals surface area contributed by atoms with Crippen LogP contribution in [0.5, 0.6) is 0 Å². The van der Waals surface area contributed by atoms with E-state index in [1.807, 2.05) is 30.3 Å². The molecule has 126 valence electrons. The van der Waals surface area contributed by atoms with Crippen molar-refractivity contribution in [2.45, 2.75) is 6.54 Å². The molecule has 0 fully saturated rings. The van der Waals surface area contributed by atoms with Crippen LogP contribution in [-0.4, -0.2) is 19.0 Å². The van der Waals surface area contributed by atoms with Crippen LogP contribution in [0.2, 0.25) is 0 Å². The van der Waals surface area contributed by atoms with Crippen LogP contribution in [0.3, 0.4) is 0 Å². The van der Waals surface area contributed by atoms with Gasteiger partial charge in [-0.05, 0) is 35.9 Å². The first-order chi connectivity index (χ1) is 12.2. The summed E-state index contributed by atoms with van der Waals surface area (Å²) in [6, 6.07) is 16.4. The average molecular weight is 335 g/mol. The lowest BCUT2D eigenvalue weighted by Gasteiger charge is -2.04. The van der Waals surface area contributed by atoms with Crippen molar-refractivity contribution in [1.29, 1.82) is 0 Å². The summed E-state index contributed by atoms with van der Waals surface area (Å²) in [5.41, 5.74) is 2.15. The van der Waals surface area contributed by atoms with Crippen LogP contribution < -0.4 is 5.32 Å². The van der Waals surface area contributed by atoms with Crippen molar-refractivity contribution in [1.82, 2.24) is 5.32 Å². The first-order valence-corrected chi connectivity index (χ1v) is 7.77. The third kappa shape index (κ3) is 4.14. The van der Waals surface area contributed by atoms with Gasteiger partial charge in [0.15, 0.2) is 0 Å². The number of carbonyl (C=O) groups excluding carboxylic acids is 2. The van der Waals surface area contributed by atoms with Gasteiger partial charge in [0.2, 0.25) is 5.91 Å². The number of benzene rings is 2. The number of methoxy groups -OCH3 is 1. The Morgan fingerprint density at radius 1 is 1.12 bits per heavy atom. The SMILES string of the molecule is COC(=O)c1ccc(CNC(=O)/C=C/c2cc3ccccc3o2)cc1. The highest BCUT2D eigenvalue weighted by Crippen LogP contribution is 2.19. The smallest absolute Gasteiger partial charge is 0.337 e. The summed E-state index contributed by atoms with van der Waals surface area (Å²) in [5, 5.41) is 3.78. The number of ether oxygens (including phenoxy) is 1. The molecule has 0 aliphatic carbocycles. The van der Waals surface area contributed by atoms with Gasteiger partial charge < -0.3 is 14.5 Å². The molecule has 0 bridgehead atoms. The fourth-order valence-corrected chi connectivity index (χ4v) is 2.37. The molecular weight excluding hydrogens is 318 g/mol. The molecule has 25 heavy (non-hydrogen) atoms. The second kappa shape index (κ2) is 7.49. The molecule has 2 aromatic carbocycles. The predicted octanol–water partition coefficient (Wildman–Crippen LogP) is 3.55. The van der Waals surface area contributed by atoms with Crippen molar-refractivity contribution in [3.05, 3.63) is 77.6 Å². The molecule has 0 spiro atoms. The van der Waals surface area contributed by atoms with Crippen LogP contribution in [0.15, 0.2) is 65.1 Å². The molecule has 1 heterocycles. The molecule has 0 aliphatic heterocycles. The number of hydrogen-bond acceptors (Lipinski definition) is 4. The number of para-hydroxylation sites is 1. The molecule has 3 aromatic rings. The van der Waals surface area contributed by atoms with Gasteiger partial charge in [-0.25, -0.2) is 4.79 Å². The molecule has 0 aliphatic rings. The maximum atomic E-state index is 11.9. The number of amides is 1. The fourth-order valence-electron chi connectivity index (χ4n) is 2.37. The highest BCUT2D eigenvalue weighted by atomic mass is 16.5. The maximum absolute atomic E-state index is 11.9. The van der Waals surface area contributed by atoms with E-state index in [-0.39, 0.29) is 11.9 Å². The van der Waals surface area contributed by atoms with Gasteiger partial charge in [0.05, 0.1) is 12.7 Å². The summed E-state index contributed by atoms with van der Waals surface area (Å²) in [4.78, 5) is 23.3. The third-order valence-corrected chi connectivity index (χ3v) is 3.69. The molecule has 1 aromatic heterocycles. The Balaban J connectivity index is 1.56. The van der Waals surface area contributed by atoms with Gasteiger partial charge >= 0.3 is 5.97 Å². The number of fused-ring (bicyclic) bond motifs is 1. The van der Waals surface area contributed by atoms with Crippen molar-refractivity contribution < 1.29 is 18.7 Å². The molecule has 5 heteroatoms. The second-order valence-corrected chi connectivity index (χ2v) is 5.43. The van der Waals surface area contributed by atoms with Gasteiger partial charge in [0.1, 0.15) is 11.3 Å². The number of carbonyl (C=O) groups is 2. The van der Waals surface area contributed by atoms with Gasteiger partial charge in [0, 0.05) is 18.0 Å². The summed E-state index contributed by atoms with van der Waals surface area (Å²) in [6.07, 6.45) is 3.07. The average Bonchev–Trinajstić information content (AvgIpc) is 3.07. The summed E-state index contributed by atoms with van der Waals surface area (Å²) >= 11 is 0. The Bertz CT molecular complexity index is 889. The molecule has 0 saturated heterocycles. The predicted molar refractivity (Wildman–Crippen MR) is 94.9 cm³/mol. The minimum Gasteiger partial charge on any atom is -0.465 e. The Labute approximate surface area is 144 Å². The zero-order valence-electron chi connectivity index (χ0n) is 13.7. The second-order valence-electron chi connectivity index (χ2n) is 5.43. The molecular formula is C20H17NO4. The van der Waals surface area contributed by atoms with Gasteiger partial charge in [-0.15, -0.1) is 0 Å². The quantitative estimate of drug-likeness (QED) is 0.572. The molecule has 1 amide bonds. The van der Waals surface area contributed by atoms with E-state index in [0.29, 0.717) is 17.9 Å². The van der Waals surface area contributed by atoms with Crippen LogP contribution in [0.4, 0.5) is 0 Å². The molecule has 0 atom stereocenters. The van der Waals surface area contributed by atoms with E-state index in [4.69, 9.17) is 4.42 Å². The number of furan rings is 1. The summed E-state index contributed by atoms with van der Waals surface area (Å²) < 4.78 is 10.3. The highest BCUT2D eigenvalue weighted by Gasteiger charge is 2.05. The Hall–Kier alpha value is -3.34. The first-order valence-electron chi connectivity index (χ1n) is 7.77. The lowest BCUT2D eigenvalue weighted by molar-refractivity contribution is -0.116. The van der Waals surface area contributed by atoms with Crippen LogP contribution in [0.1, 0.15) is 21.7 Å². The number of nitrogens with one attached hydrogen (secondary N) is 1. The van der Waals surface area contributed by atoms with Gasteiger partial charge in [0.25, 0.3) is 0 Å². The first kappa shape index (κ1) is 16.5. The minimum atomic E-state index is -0.385. The molecule has 0 saturated carbocycles. The number of esters is 1. The fraction of sp³-hybridized carbons (Fsp3) is 0.100. The lowest BCUT2D eigenvalue weighted by atomic mass is 10.1. The zero-order valence-corrected chi connectivity index (χ0v) is 13.7. The normalized spacial score (nSPS) is 10.9. The van der Waals surface area contributed by atoms with Gasteiger partial charge in [-0.3, -0.25) is 4.79 Å². The van der Waals surface area contributed by atoms with E-state index >= 15 is 0 Å². The monoisotopic (exact) mass is 335 g/mol. The van der Waals surface area contributed by atoms with E-state index in [1.54, 1.807) is 30.3 Å². The summed E-state index contributed by atoms with van der Waals surface area (Å²) in [7, 11) is 1.34. The standard InChI is InChI=1S/C20H17NO4/c1-24-20(23)15-8-6-14(7-9-15)13-21-19(22)11-10-17-12-16-4-2-3-5-18(16)25-17/h2-12H,13H2,1H3,(H,21,22)/b11-10+. The Morgan fingerprint density at radius 2 is 1.88 bits per heavy atom. The highest BCUT2D eigenvalue weighted by molar-refractivity contribution is 5.92. The topological polar surface area (TPSA) is 68.5 Å². The van der Waals surface area contributed by atoms with Crippen LogP contribution in [0, 0.1) is 0 Å². The van der Waals surface area contributed by atoms with Crippen molar-refractivity contribution in [2.24, 2.45) is 0 Å². The van der Waals surface area contributed by atoms with Crippen LogP contribution in [0.25, 0.3) is 17.0 Å². The number of hydrogen-bond donors (Lipinski definition) is 1. The summed E-state index contributed by atoms with van der Waals surface area (Å²) in [5.74, 6) is 0.0145. The van der Waals surface area contributed by atoms with Crippen molar-refractivity contribution >= 4 is 28.9 Å². The molecule has 5 nitrogen and oxygen atoms in total. The van der Waals surface area contributed by atoms with E-state index in [2.05, 4.69) is 10.1 Å². The molecule has 0 unspecified atom stereocenters. The van der Waals surface area contributed by atoms with E-state index in [1.165, 1.54) is 13.2 Å². The van der Waals surface area contributed by atoms with E-state index in [9.17, 15) is 9.59 Å². The van der Waals surface area contributed by atoms with Crippen LogP contribution >= 0.6 is 0 Å². The van der Waals surface area contributed by atoms with Crippen molar-refractivity contribution in [3.63, 3.8) is 0 Å². The van der Waals surface area contributed by atoms with Crippen molar-refractivity contribution in [2.75, 3.05) is 7.11 Å². The van der Waals surface area contributed by atoms with E-state index < -0.39 is 0 Å². The largest absolute Gasteiger partial charge is 0.465 e. The Kier molecular flexibility index (Phi) is 4.95. The number of rotatable bonds is 5. The zero-order chi connectivity index (χ0) is 17.6. The van der Waals surface area contributed by atoms with Gasteiger partial charge in [-0.1, -0.05) is 30.3 Å². The molecule has 1 N–H and O–H groups in total. The maximum Gasteiger partial charge on any atom is 0.337 e. The lowest BCUT2D eigenvalue weighted by Crippen LogP contribution is -2.20. The molecule has 0 radical (unpaired) electrons. The minimum absolute atomic E-state index is 0.225. The molecule has 3 rings (SSSR count). The van der Waals surface area contributed by atoms with E-state index in [0.717, 1.165) is 16.5 Å². The van der Waals surface area contributed by atoms with Crippen molar-refractivity contribution in [3.8, 4) is 0 Å². The van der Waals surface area contributed by atoms with Crippen LogP contribution in [-0.2, 0) is 16.1 Å². The third-order valence-electron chi connectivity index (χ3n) is 3.69. The summed E-state index contributed by atoms with van der Waals surface area (Å²) in [6.45, 7) is 0.366. The van der Waals surface area contributed by atoms with Gasteiger partial charge in [-0.2, -0.15) is 0 Å². The Morgan fingerprint density at radius 3 is 2.60 bits per heavy atom.